The number of amides is 1. The zero-order chi connectivity index (χ0) is 8.15. The van der Waals surface area contributed by atoms with Crippen LogP contribution in [-0.4, -0.2) is 32.5 Å². The number of carbonyl (C=O) groups is 2. The number of hydroxylamine groups is 2. The molecule has 0 radical (unpaired) electrons. The maximum atomic E-state index is 9.74. The Morgan fingerprint density at radius 2 is 1.80 bits per heavy atom. The maximum absolute atomic E-state index is 9.74. The van der Waals surface area contributed by atoms with Crippen LogP contribution in [0.2, 0.25) is 0 Å². The van der Waals surface area contributed by atoms with Crippen LogP contribution in [0.3, 0.4) is 0 Å². The van der Waals surface area contributed by atoms with Gasteiger partial charge in [0.25, 0.3) is 0 Å². The lowest BCUT2D eigenvalue weighted by molar-refractivity contribution is -0.131. The number of carboxylic acid groups (broad SMARTS) is 2. The van der Waals surface area contributed by atoms with Crippen LogP contribution in [0.1, 0.15) is 0 Å². The summed E-state index contributed by atoms with van der Waals surface area (Å²) in [6.07, 6.45) is -0.642. The molecule has 10 heavy (non-hydrogen) atoms. The summed E-state index contributed by atoms with van der Waals surface area (Å²) in [7, 11) is 0. The van der Waals surface area contributed by atoms with Gasteiger partial charge in [-0.1, -0.05) is 0 Å². The standard InChI is InChI=1S/C4H5NO5/c6-3(7)1-2-5(10)4(8)9/h1-2,10H,(H,6,7)(H,8,9). The van der Waals surface area contributed by atoms with Gasteiger partial charge in [-0.05, 0) is 0 Å². The van der Waals surface area contributed by atoms with Crippen molar-refractivity contribution in [3.05, 3.63) is 12.3 Å². The Morgan fingerprint density at radius 1 is 1.30 bits per heavy atom. The summed E-state index contributed by atoms with van der Waals surface area (Å²) in [6, 6.07) is 0. The Morgan fingerprint density at radius 3 is 2.10 bits per heavy atom. The molecule has 1 amide bonds. The second kappa shape index (κ2) is 3.46. The minimum atomic E-state index is -1.64. The Hall–Kier alpha value is -1.56. The monoisotopic (exact) mass is 147 g/mol. The highest BCUT2D eigenvalue weighted by molar-refractivity contribution is 5.80. The molecule has 0 saturated carbocycles. The van der Waals surface area contributed by atoms with Crippen molar-refractivity contribution in [3.8, 4) is 0 Å². The molecule has 0 aliphatic heterocycles. The van der Waals surface area contributed by atoms with Crippen LogP contribution in [0.4, 0.5) is 4.79 Å². The first-order valence-electron chi connectivity index (χ1n) is 2.16. The topological polar surface area (TPSA) is 98.1 Å². The SMILES string of the molecule is O=C(O)C=CN(O)C(=O)O. The average Bonchev–Trinajstić information content (AvgIpc) is 1.82. The summed E-state index contributed by atoms with van der Waals surface area (Å²) >= 11 is 0. The Labute approximate surface area is 55.6 Å². The lowest BCUT2D eigenvalue weighted by Crippen LogP contribution is -2.18. The molecule has 0 aromatic rings. The van der Waals surface area contributed by atoms with Crippen molar-refractivity contribution >= 4 is 12.1 Å². The van der Waals surface area contributed by atoms with Gasteiger partial charge in [0.1, 0.15) is 0 Å². The van der Waals surface area contributed by atoms with Crippen molar-refractivity contribution in [2.75, 3.05) is 0 Å². The number of nitrogens with zero attached hydrogens (tertiary/aromatic N) is 1. The van der Waals surface area contributed by atoms with E-state index in [1.165, 1.54) is 0 Å². The quantitative estimate of drug-likeness (QED) is 0.289. The van der Waals surface area contributed by atoms with Crippen LogP contribution in [0.5, 0.6) is 0 Å². The summed E-state index contributed by atoms with van der Waals surface area (Å²) in [5, 5.41) is 23.9. The normalized spacial score (nSPS) is 9.70. The molecule has 0 heterocycles. The van der Waals surface area contributed by atoms with Gasteiger partial charge in [0.05, 0.1) is 0 Å². The molecule has 0 aliphatic rings. The molecule has 0 aliphatic carbocycles. The number of carboxylic acids is 1. The lowest BCUT2D eigenvalue weighted by Gasteiger charge is -2.00. The summed E-state index contributed by atoms with van der Waals surface area (Å²) in [6.45, 7) is 0. The minimum absolute atomic E-state index is 0.256. The summed E-state index contributed by atoms with van der Waals surface area (Å²) in [5.41, 5.74) is 0. The molecular formula is C4H5NO5. The second-order valence-corrected chi connectivity index (χ2v) is 1.28. The zero-order valence-corrected chi connectivity index (χ0v) is 4.76. The van der Waals surface area contributed by atoms with Gasteiger partial charge >= 0.3 is 12.1 Å². The zero-order valence-electron chi connectivity index (χ0n) is 4.76. The summed E-state index contributed by atoms with van der Waals surface area (Å²) in [5.74, 6) is -1.33. The molecule has 6 nitrogen and oxygen atoms in total. The van der Waals surface area contributed by atoms with E-state index in [-0.39, 0.29) is 5.06 Å². The van der Waals surface area contributed by atoms with Gasteiger partial charge in [0.2, 0.25) is 0 Å². The van der Waals surface area contributed by atoms with Gasteiger partial charge in [-0.15, -0.1) is 0 Å². The highest BCUT2D eigenvalue weighted by atomic mass is 16.6. The van der Waals surface area contributed by atoms with Gasteiger partial charge in [0, 0.05) is 12.3 Å². The van der Waals surface area contributed by atoms with Crippen molar-refractivity contribution in [2.24, 2.45) is 0 Å². The smallest absolute Gasteiger partial charge is 0.435 e. The van der Waals surface area contributed by atoms with E-state index in [1.807, 2.05) is 0 Å². The minimum Gasteiger partial charge on any atom is -0.478 e. The first-order valence-corrected chi connectivity index (χ1v) is 2.16. The predicted molar refractivity (Wildman–Crippen MR) is 28.4 cm³/mol. The van der Waals surface area contributed by atoms with Gasteiger partial charge in [-0.25, -0.2) is 9.59 Å². The van der Waals surface area contributed by atoms with E-state index >= 15 is 0 Å². The van der Waals surface area contributed by atoms with Gasteiger partial charge in [-0.3, -0.25) is 5.21 Å². The van der Waals surface area contributed by atoms with E-state index in [1.54, 1.807) is 0 Å². The highest BCUT2D eigenvalue weighted by Crippen LogP contribution is 1.83. The molecule has 0 rings (SSSR count). The largest absolute Gasteiger partial charge is 0.478 e. The number of rotatable bonds is 2. The third-order valence-corrected chi connectivity index (χ3v) is 0.554. The van der Waals surface area contributed by atoms with E-state index in [9.17, 15) is 9.59 Å². The van der Waals surface area contributed by atoms with E-state index in [0.29, 0.717) is 12.3 Å². The molecule has 0 fully saturated rings. The fraction of sp³-hybridized carbons (Fsp3) is 0. The molecular weight excluding hydrogens is 142 g/mol. The van der Waals surface area contributed by atoms with Crippen LogP contribution in [0, 0.1) is 0 Å². The van der Waals surface area contributed by atoms with Crippen molar-refractivity contribution < 1.29 is 25.0 Å². The van der Waals surface area contributed by atoms with E-state index < -0.39 is 12.1 Å². The maximum Gasteiger partial charge on any atom is 0.435 e. The molecule has 3 N–H and O–H groups in total. The molecule has 0 aromatic heterocycles. The van der Waals surface area contributed by atoms with E-state index in [0.717, 1.165) is 0 Å². The molecule has 0 bridgehead atoms. The Balaban J connectivity index is 3.89. The van der Waals surface area contributed by atoms with Crippen LogP contribution in [0.15, 0.2) is 12.3 Å². The molecule has 56 valence electrons. The Bertz CT molecular complexity index is 174. The average molecular weight is 147 g/mol. The lowest BCUT2D eigenvalue weighted by atomic mass is 10.6. The van der Waals surface area contributed by atoms with Crippen molar-refractivity contribution in [1.29, 1.82) is 0 Å². The third kappa shape index (κ3) is 3.44. The predicted octanol–water partition coefficient (Wildman–Crippen LogP) is -0.0461. The van der Waals surface area contributed by atoms with Gasteiger partial charge in [-0.2, -0.15) is 5.06 Å². The van der Waals surface area contributed by atoms with Crippen molar-refractivity contribution in [1.82, 2.24) is 5.06 Å². The first kappa shape index (κ1) is 8.44. The number of aliphatic carboxylic acids is 1. The fourth-order valence-corrected chi connectivity index (χ4v) is 0.198. The van der Waals surface area contributed by atoms with Gasteiger partial charge < -0.3 is 10.2 Å². The fourth-order valence-electron chi connectivity index (χ4n) is 0.198. The molecule has 0 aromatic carbocycles. The highest BCUT2D eigenvalue weighted by Gasteiger charge is 2.01. The number of hydrogen-bond donors (Lipinski definition) is 3. The third-order valence-electron chi connectivity index (χ3n) is 0.554. The second-order valence-electron chi connectivity index (χ2n) is 1.28. The summed E-state index contributed by atoms with van der Waals surface area (Å²) < 4.78 is 0. The van der Waals surface area contributed by atoms with Crippen molar-refractivity contribution in [2.45, 2.75) is 0 Å². The van der Waals surface area contributed by atoms with E-state index in [2.05, 4.69) is 0 Å². The molecule has 0 saturated heterocycles. The summed E-state index contributed by atoms with van der Waals surface area (Å²) in [4.78, 5) is 19.5. The number of hydrogen-bond acceptors (Lipinski definition) is 3. The van der Waals surface area contributed by atoms with Crippen LogP contribution >= 0.6 is 0 Å². The Kier molecular flexibility index (Phi) is 2.92. The van der Waals surface area contributed by atoms with E-state index in [4.69, 9.17) is 15.4 Å². The molecule has 0 unspecified atom stereocenters. The van der Waals surface area contributed by atoms with Gasteiger partial charge in [0.15, 0.2) is 0 Å². The molecule has 0 spiro atoms. The van der Waals surface area contributed by atoms with Crippen LogP contribution in [-0.2, 0) is 4.79 Å². The van der Waals surface area contributed by atoms with Crippen LogP contribution < -0.4 is 0 Å². The van der Waals surface area contributed by atoms with Crippen molar-refractivity contribution in [3.63, 3.8) is 0 Å². The molecule has 6 heteroatoms. The van der Waals surface area contributed by atoms with Crippen LogP contribution in [0.25, 0.3) is 0 Å². The molecule has 0 atom stereocenters. The first-order chi connectivity index (χ1) is 4.54.